The lowest BCUT2D eigenvalue weighted by atomic mass is 10.0. The summed E-state index contributed by atoms with van der Waals surface area (Å²) < 4.78 is 26.6. The monoisotopic (exact) mass is 373 g/mol. The molecule has 0 saturated heterocycles. The number of rotatable bonds is 6. The van der Waals surface area contributed by atoms with Gasteiger partial charge in [-0.2, -0.15) is 0 Å². The van der Waals surface area contributed by atoms with Crippen molar-refractivity contribution in [2.24, 2.45) is 4.99 Å². The van der Waals surface area contributed by atoms with Crippen molar-refractivity contribution in [2.45, 2.75) is 40.2 Å². The van der Waals surface area contributed by atoms with Crippen molar-refractivity contribution in [3.8, 4) is 12.3 Å². The second kappa shape index (κ2) is 10.3. The molecule has 2 N–H and O–H groups in total. The third-order valence-electron chi connectivity index (χ3n) is 4.06. The van der Waals surface area contributed by atoms with E-state index < -0.39 is 17.7 Å². The summed E-state index contributed by atoms with van der Waals surface area (Å²) in [4.78, 5) is 17.2. The molecule has 1 atom stereocenters. The number of halogens is 2. The van der Waals surface area contributed by atoms with Crippen LogP contribution in [0.15, 0.2) is 46.1 Å². The van der Waals surface area contributed by atoms with Crippen LogP contribution in [0.1, 0.15) is 45.7 Å². The first kappa shape index (κ1) is 22.1. The van der Waals surface area contributed by atoms with Crippen molar-refractivity contribution in [3.63, 3.8) is 0 Å². The third-order valence-corrected chi connectivity index (χ3v) is 4.06. The van der Waals surface area contributed by atoms with Gasteiger partial charge in [0.2, 0.25) is 0 Å². The van der Waals surface area contributed by atoms with Gasteiger partial charge >= 0.3 is 0 Å². The van der Waals surface area contributed by atoms with E-state index in [0.717, 1.165) is 17.7 Å². The van der Waals surface area contributed by atoms with Crippen LogP contribution in [0.3, 0.4) is 0 Å². The minimum absolute atomic E-state index is 0.369. The molecule has 0 saturated carbocycles. The van der Waals surface area contributed by atoms with Gasteiger partial charge in [-0.1, -0.05) is 24.5 Å². The molecule has 1 amide bonds. The maximum absolute atomic E-state index is 13.5. The Balaban J connectivity index is 3.19. The van der Waals surface area contributed by atoms with Crippen LogP contribution in [0.4, 0.5) is 8.78 Å². The highest BCUT2D eigenvalue weighted by atomic mass is 19.2. The molecular formula is C21H25F2N3O. The van der Waals surface area contributed by atoms with Crippen molar-refractivity contribution in [3.05, 3.63) is 58.3 Å². The Bertz CT molecular complexity index is 832. The van der Waals surface area contributed by atoms with E-state index in [1.165, 1.54) is 12.3 Å². The molecule has 144 valence electrons. The number of carbonyl (C=O) groups is 1. The summed E-state index contributed by atoms with van der Waals surface area (Å²) in [6.07, 6.45) is 7.46. The number of aliphatic imine (C=N–C) groups is 1. The molecule has 1 aromatic carbocycles. The number of amidine groups is 1. The molecule has 0 spiro atoms. The number of amides is 1. The fourth-order valence-electron chi connectivity index (χ4n) is 2.27. The van der Waals surface area contributed by atoms with Crippen molar-refractivity contribution in [2.75, 3.05) is 7.05 Å². The zero-order chi connectivity index (χ0) is 20.6. The van der Waals surface area contributed by atoms with E-state index in [2.05, 4.69) is 21.5 Å². The highest BCUT2D eigenvalue weighted by Gasteiger charge is 2.20. The van der Waals surface area contributed by atoms with Crippen molar-refractivity contribution >= 4 is 11.7 Å². The molecule has 0 fully saturated rings. The fourth-order valence-corrected chi connectivity index (χ4v) is 2.27. The smallest absolute Gasteiger partial charge is 0.255 e. The molecule has 1 aromatic rings. The van der Waals surface area contributed by atoms with Crippen molar-refractivity contribution < 1.29 is 13.6 Å². The molecule has 0 radical (unpaired) electrons. The lowest BCUT2D eigenvalue weighted by Crippen LogP contribution is -2.35. The maximum atomic E-state index is 13.5. The number of carbonyl (C=O) groups excluding carboxylic acids is 1. The minimum atomic E-state index is -0.957. The summed E-state index contributed by atoms with van der Waals surface area (Å²) in [5, 5.41) is 5.72. The van der Waals surface area contributed by atoms with Gasteiger partial charge < -0.3 is 10.6 Å². The summed E-state index contributed by atoms with van der Waals surface area (Å²) in [5.41, 5.74) is 2.29. The van der Waals surface area contributed by atoms with Gasteiger partial charge in [0, 0.05) is 18.8 Å². The molecule has 0 aliphatic carbocycles. The first-order valence-electron chi connectivity index (χ1n) is 8.59. The first-order chi connectivity index (χ1) is 12.7. The van der Waals surface area contributed by atoms with Gasteiger partial charge in [0.25, 0.3) is 5.91 Å². The van der Waals surface area contributed by atoms with Gasteiger partial charge in [-0.25, -0.2) is 13.8 Å². The van der Waals surface area contributed by atoms with Gasteiger partial charge in [-0.3, -0.25) is 4.79 Å². The zero-order valence-electron chi connectivity index (χ0n) is 16.3. The molecule has 1 rings (SSSR count). The maximum Gasteiger partial charge on any atom is 0.255 e. The largest absolute Gasteiger partial charge is 0.372 e. The number of nitrogens with zero attached hydrogens (tertiary/aromatic N) is 1. The predicted octanol–water partition coefficient (Wildman–Crippen LogP) is 4.02. The fraction of sp³-hybridized carbons (Fsp3) is 0.333. The van der Waals surface area contributed by atoms with E-state index in [0.29, 0.717) is 29.0 Å². The Morgan fingerprint density at radius 2 is 2.00 bits per heavy atom. The van der Waals surface area contributed by atoms with E-state index in [4.69, 9.17) is 6.42 Å². The average Bonchev–Trinajstić information content (AvgIpc) is 2.65. The zero-order valence-corrected chi connectivity index (χ0v) is 16.3. The molecule has 27 heavy (non-hydrogen) atoms. The van der Waals surface area contributed by atoms with Crippen molar-refractivity contribution in [1.82, 2.24) is 10.6 Å². The highest BCUT2D eigenvalue weighted by Crippen LogP contribution is 2.18. The standard InChI is InChI=1S/C21H25F2N3O/c1-7-13(3)12-25-20(24-6)19(14(4)8-2)21(27)26-15(5)16-9-10-17(22)18(23)11-16/h1,9-12,15H,8H2,2-6H3,(H,24,25)(H,26,27)/b13-12+,19-14-/t15-/m0/s1. The molecule has 6 heteroatoms. The van der Waals surface area contributed by atoms with Crippen LogP contribution >= 0.6 is 0 Å². The number of terminal acetylenes is 1. The Hall–Kier alpha value is -2.94. The molecule has 0 aliphatic heterocycles. The molecule has 0 aromatic heterocycles. The van der Waals surface area contributed by atoms with E-state index in [1.54, 1.807) is 20.9 Å². The van der Waals surface area contributed by atoms with Crippen molar-refractivity contribution in [1.29, 1.82) is 0 Å². The summed E-state index contributed by atoms with van der Waals surface area (Å²) >= 11 is 0. The predicted molar refractivity (Wildman–Crippen MR) is 105 cm³/mol. The SMILES string of the molecule is C#C/C(C)=C/N=C(NC)\C(C(=O)N[C@@H](C)c1ccc(F)c(F)c1)=C(/C)CC. The molecule has 0 bridgehead atoms. The molecule has 0 heterocycles. The van der Waals surface area contributed by atoms with Gasteiger partial charge in [-0.05, 0) is 44.9 Å². The van der Waals surface area contributed by atoms with Crippen LogP contribution < -0.4 is 10.6 Å². The molecule has 0 unspecified atom stereocenters. The Morgan fingerprint density at radius 1 is 1.33 bits per heavy atom. The quantitative estimate of drug-likeness (QED) is 0.342. The Labute approximate surface area is 159 Å². The first-order valence-corrected chi connectivity index (χ1v) is 8.59. The Morgan fingerprint density at radius 3 is 2.52 bits per heavy atom. The topological polar surface area (TPSA) is 53.5 Å². The van der Waals surface area contributed by atoms with E-state index >= 15 is 0 Å². The average molecular weight is 373 g/mol. The van der Waals surface area contributed by atoms with E-state index in [9.17, 15) is 13.6 Å². The van der Waals surface area contributed by atoms with Crippen LogP contribution in [-0.2, 0) is 4.79 Å². The van der Waals surface area contributed by atoms with Crippen LogP contribution in [-0.4, -0.2) is 18.8 Å². The van der Waals surface area contributed by atoms with Crippen LogP contribution in [0.25, 0.3) is 0 Å². The molecule has 4 nitrogen and oxygen atoms in total. The molecular weight excluding hydrogens is 348 g/mol. The van der Waals surface area contributed by atoms with Gasteiger partial charge in [0.05, 0.1) is 11.6 Å². The number of benzene rings is 1. The Kier molecular flexibility index (Phi) is 8.40. The number of hydrogen-bond donors (Lipinski definition) is 2. The summed E-state index contributed by atoms with van der Waals surface area (Å²) in [6.45, 7) is 7.19. The third kappa shape index (κ3) is 6.07. The van der Waals surface area contributed by atoms with Crippen LogP contribution in [0, 0.1) is 24.0 Å². The summed E-state index contributed by atoms with van der Waals surface area (Å²) in [5.74, 6) is 0.580. The molecule has 0 aliphatic rings. The number of nitrogens with one attached hydrogen (secondary N) is 2. The lowest BCUT2D eigenvalue weighted by molar-refractivity contribution is -0.117. The van der Waals surface area contributed by atoms with Crippen LogP contribution in [0.2, 0.25) is 0 Å². The van der Waals surface area contributed by atoms with E-state index in [-0.39, 0.29) is 5.91 Å². The number of likely N-dealkylation sites (N-methyl/N-ethyl adjacent to an activating group) is 1. The highest BCUT2D eigenvalue weighted by molar-refractivity contribution is 6.21. The second-order valence-corrected chi connectivity index (χ2v) is 6.06. The number of hydrogen-bond acceptors (Lipinski definition) is 2. The van der Waals surface area contributed by atoms with Gasteiger partial charge in [0.1, 0.15) is 5.84 Å². The lowest BCUT2D eigenvalue weighted by Gasteiger charge is -2.18. The summed E-state index contributed by atoms with van der Waals surface area (Å²) in [7, 11) is 1.66. The van der Waals surface area contributed by atoms with Gasteiger partial charge in [0.15, 0.2) is 11.6 Å². The normalized spacial score (nSPS) is 14.1. The van der Waals surface area contributed by atoms with E-state index in [1.807, 2.05) is 13.8 Å². The van der Waals surface area contributed by atoms with Crippen LogP contribution in [0.5, 0.6) is 0 Å². The van der Waals surface area contributed by atoms with Gasteiger partial charge in [-0.15, -0.1) is 6.42 Å². The minimum Gasteiger partial charge on any atom is -0.372 e. The number of allylic oxidation sites excluding steroid dienone is 2. The summed E-state index contributed by atoms with van der Waals surface area (Å²) in [6, 6.07) is 3.02. The second-order valence-electron chi connectivity index (χ2n) is 6.06.